The van der Waals surface area contributed by atoms with Gasteiger partial charge in [-0.3, -0.25) is 0 Å². The van der Waals surface area contributed by atoms with Crippen molar-refractivity contribution < 1.29 is 13.2 Å². The third kappa shape index (κ3) is 6.94. The maximum absolute atomic E-state index is 13.8. The van der Waals surface area contributed by atoms with Crippen LogP contribution in [-0.2, 0) is 0 Å². The van der Waals surface area contributed by atoms with Gasteiger partial charge in [-0.25, -0.2) is 13.2 Å². The lowest BCUT2D eigenvalue weighted by Gasteiger charge is -2.37. The summed E-state index contributed by atoms with van der Waals surface area (Å²) in [5, 5.41) is 4.14. The van der Waals surface area contributed by atoms with Crippen LogP contribution in [0.25, 0.3) is 0 Å². The zero-order chi connectivity index (χ0) is 23.9. The summed E-state index contributed by atoms with van der Waals surface area (Å²) in [6.45, 7) is 3.01. The maximum atomic E-state index is 13.8. The Balaban J connectivity index is 1.32. The molecule has 0 spiro atoms. The summed E-state index contributed by atoms with van der Waals surface area (Å²) in [5.41, 5.74) is 1.47. The number of halogens is 4. The van der Waals surface area contributed by atoms with Gasteiger partial charge in [-0.15, -0.1) is 11.8 Å². The molecule has 0 amide bonds. The van der Waals surface area contributed by atoms with Crippen molar-refractivity contribution in [1.29, 1.82) is 0 Å². The molecule has 1 aliphatic heterocycles. The predicted octanol–water partition coefficient (Wildman–Crippen LogP) is 7.80. The van der Waals surface area contributed by atoms with Gasteiger partial charge in [0.25, 0.3) is 0 Å². The number of hydrogen-bond donors (Lipinski definition) is 1. The van der Waals surface area contributed by atoms with Crippen molar-refractivity contribution in [3.63, 3.8) is 0 Å². The zero-order valence-electron chi connectivity index (χ0n) is 18.8. The summed E-state index contributed by atoms with van der Waals surface area (Å²) in [6, 6.07) is 18.1. The summed E-state index contributed by atoms with van der Waals surface area (Å²) in [6.07, 6.45) is 3.05. The molecule has 3 aromatic carbocycles. The van der Waals surface area contributed by atoms with Gasteiger partial charge in [0, 0.05) is 21.7 Å². The number of nitrogens with zero attached hydrogens (tertiary/aromatic N) is 1. The first kappa shape index (κ1) is 25.0. The van der Waals surface area contributed by atoms with Gasteiger partial charge in [-0.2, -0.15) is 0 Å². The number of thioether (sulfide) groups is 1. The molecule has 1 unspecified atom stereocenters. The molecule has 0 aromatic heterocycles. The molecule has 7 heteroatoms. The summed E-state index contributed by atoms with van der Waals surface area (Å²) in [7, 11) is 0. The number of piperidine rings is 1. The fraction of sp³-hybridized carbons (Fsp3) is 0.333. The average Bonchev–Trinajstić information content (AvgIpc) is 2.85. The minimum absolute atomic E-state index is 0.104. The normalized spacial score (nSPS) is 15.9. The van der Waals surface area contributed by atoms with Gasteiger partial charge in [0.1, 0.15) is 5.82 Å². The number of anilines is 1. The van der Waals surface area contributed by atoms with Crippen molar-refractivity contribution in [3.05, 3.63) is 94.8 Å². The highest BCUT2D eigenvalue weighted by molar-refractivity contribution is 7.99. The van der Waals surface area contributed by atoms with Crippen LogP contribution >= 0.6 is 23.4 Å². The van der Waals surface area contributed by atoms with Gasteiger partial charge in [0.05, 0.1) is 6.04 Å². The Morgan fingerprint density at radius 1 is 0.912 bits per heavy atom. The lowest BCUT2D eigenvalue weighted by Crippen LogP contribution is -2.37. The quantitative estimate of drug-likeness (QED) is 0.236. The molecule has 0 bridgehead atoms. The largest absolute Gasteiger partial charge is 0.378 e. The molecule has 2 nitrogen and oxygen atoms in total. The first-order chi connectivity index (χ1) is 16.5. The van der Waals surface area contributed by atoms with Crippen molar-refractivity contribution in [2.24, 2.45) is 5.92 Å². The average molecular weight is 505 g/mol. The highest BCUT2D eigenvalue weighted by Crippen LogP contribution is 2.34. The topological polar surface area (TPSA) is 15.3 Å². The van der Waals surface area contributed by atoms with E-state index in [-0.39, 0.29) is 11.9 Å². The minimum Gasteiger partial charge on any atom is -0.378 e. The Kier molecular flexibility index (Phi) is 8.81. The monoisotopic (exact) mass is 504 g/mol. The third-order valence-electron chi connectivity index (χ3n) is 6.28. The van der Waals surface area contributed by atoms with Crippen LogP contribution in [-0.4, -0.2) is 30.3 Å². The molecule has 0 saturated carbocycles. The first-order valence-corrected chi connectivity index (χ1v) is 12.9. The van der Waals surface area contributed by atoms with Crippen molar-refractivity contribution in [2.75, 3.05) is 30.7 Å². The Morgan fingerprint density at radius 2 is 1.62 bits per heavy atom. The van der Waals surface area contributed by atoms with Gasteiger partial charge in [-0.05, 0) is 105 Å². The fourth-order valence-corrected chi connectivity index (χ4v) is 5.39. The van der Waals surface area contributed by atoms with Crippen LogP contribution < -0.4 is 5.32 Å². The standard InChI is InChI=1S/C27H28ClF3N2S/c28-21-4-9-24(10-5-21)34-17-1-14-33-15-12-20(13-16-33)27(19-2-6-22(29)7-3-19)32-23-8-11-25(30)26(31)18-23/h2-11,18,20,27,32H,1,12-17H2. The third-order valence-corrected chi connectivity index (χ3v) is 7.63. The molecule has 180 valence electrons. The lowest BCUT2D eigenvalue weighted by molar-refractivity contribution is 0.174. The van der Waals surface area contributed by atoms with E-state index >= 15 is 0 Å². The molecule has 1 heterocycles. The van der Waals surface area contributed by atoms with E-state index in [2.05, 4.69) is 10.2 Å². The molecule has 1 aliphatic rings. The van der Waals surface area contributed by atoms with Gasteiger partial charge >= 0.3 is 0 Å². The van der Waals surface area contributed by atoms with E-state index in [1.54, 1.807) is 18.2 Å². The molecule has 0 radical (unpaired) electrons. The number of hydrogen-bond acceptors (Lipinski definition) is 3. The lowest BCUT2D eigenvalue weighted by atomic mass is 9.85. The van der Waals surface area contributed by atoms with Crippen molar-refractivity contribution in [1.82, 2.24) is 4.90 Å². The molecular formula is C27H28ClF3N2S. The van der Waals surface area contributed by atoms with Crippen LogP contribution in [0, 0.1) is 23.4 Å². The Morgan fingerprint density at radius 3 is 2.29 bits per heavy atom. The van der Waals surface area contributed by atoms with Crippen LogP contribution in [0.4, 0.5) is 18.9 Å². The van der Waals surface area contributed by atoms with Crippen molar-refractivity contribution in [3.8, 4) is 0 Å². The zero-order valence-corrected chi connectivity index (χ0v) is 20.4. The summed E-state index contributed by atoms with van der Waals surface area (Å²) >= 11 is 7.79. The molecule has 34 heavy (non-hydrogen) atoms. The maximum Gasteiger partial charge on any atom is 0.160 e. The van der Waals surface area contributed by atoms with E-state index in [4.69, 9.17) is 11.6 Å². The molecule has 4 rings (SSSR count). The molecule has 1 N–H and O–H groups in total. The Bertz CT molecular complexity index is 1050. The predicted molar refractivity (Wildman–Crippen MR) is 135 cm³/mol. The van der Waals surface area contributed by atoms with E-state index in [9.17, 15) is 13.2 Å². The summed E-state index contributed by atoms with van der Waals surface area (Å²) in [5.74, 6) is -0.683. The van der Waals surface area contributed by atoms with E-state index in [1.165, 1.54) is 23.1 Å². The Hall–Kier alpha value is -2.15. The molecule has 0 aliphatic carbocycles. The molecule has 3 aromatic rings. The van der Waals surface area contributed by atoms with E-state index < -0.39 is 11.6 Å². The van der Waals surface area contributed by atoms with Crippen molar-refractivity contribution in [2.45, 2.75) is 30.2 Å². The van der Waals surface area contributed by atoms with E-state index in [0.717, 1.165) is 61.3 Å². The summed E-state index contributed by atoms with van der Waals surface area (Å²) in [4.78, 5) is 3.71. The molecule has 1 fully saturated rings. The number of benzene rings is 3. The number of likely N-dealkylation sites (tertiary alicyclic amines) is 1. The number of nitrogens with one attached hydrogen (secondary N) is 1. The Labute approximate surface area is 208 Å². The highest BCUT2D eigenvalue weighted by Gasteiger charge is 2.28. The van der Waals surface area contributed by atoms with E-state index in [0.29, 0.717) is 11.6 Å². The molecular weight excluding hydrogens is 477 g/mol. The van der Waals surface area contributed by atoms with Crippen LogP contribution in [0.15, 0.2) is 71.6 Å². The first-order valence-electron chi connectivity index (χ1n) is 11.6. The van der Waals surface area contributed by atoms with Gasteiger partial charge in [0.15, 0.2) is 11.6 Å². The highest BCUT2D eigenvalue weighted by atomic mass is 35.5. The van der Waals surface area contributed by atoms with Crippen LogP contribution in [0.2, 0.25) is 5.02 Å². The summed E-state index contributed by atoms with van der Waals surface area (Å²) < 4.78 is 40.7. The minimum atomic E-state index is -0.880. The second-order valence-corrected chi connectivity index (χ2v) is 10.2. The van der Waals surface area contributed by atoms with Crippen molar-refractivity contribution >= 4 is 29.1 Å². The second kappa shape index (κ2) is 12.0. The fourth-order valence-electron chi connectivity index (χ4n) is 4.43. The van der Waals surface area contributed by atoms with Crippen LogP contribution in [0.5, 0.6) is 0 Å². The van der Waals surface area contributed by atoms with E-state index in [1.807, 2.05) is 36.0 Å². The number of rotatable bonds is 9. The van der Waals surface area contributed by atoms with Gasteiger partial charge < -0.3 is 10.2 Å². The van der Waals surface area contributed by atoms with Crippen LogP contribution in [0.1, 0.15) is 30.9 Å². The smallest absolute Gasteiger partial charge is 0.160 e. The van der Waals surface area contributed by atoms with Gasteiger partial charge in [0.2, 0.25) is 0 Å². The molecule has 1 atom stereocenters. The van der Waals surface area contributed by atoms with Gasteiger partial charge in [-0.1, -0.05) is 23.7 Å². The SMILES string of the molecule is Fc1ccc(C(Nc2ccc(F)c(F)c2)C2CCN(CCCSc3ccc(Cl)cc3)CC2)cc1. The van der Waals surface area contributed by atoms with Crippen LogP contribution in [0.3, 0.4) is 0 Å². The second-order valence-electron chi connectivity index (χ2n) is 8.64. The molecule has 1 saturated heterocycles.